The largest absolute Gasteiger partial charge is 0.335 e. The van der Waals surface area contributed by atoms with Gasteiger partial charge >= 0.3 is 0 Å². The van der Waals surface area contributed by atoms with Gasteiger partial charge in [-0.05, 0) is 31.0 Å². The van der Waals surface area contributed by atoms with E-state index in [1.807, 2.05) is 24.4 Å². The Morgan fingerprint density at radius 1 is 1.13 bits per heavy atom. The molecule has 0 aliphatic carbocycles. The van der Waals surface area contributed by atoms with Crippen molar-refractivity contribution in [1.29, 1.82) is 0 Å². The Labute approximate surface area is 177 Å². The van der Waals surface area contributed by atoms with E-state index in [4.69, 9.17) is 9.97 Å². The molecule has 9 heteroatoms. The first-order chi connectivity index (χ1) is 14.7. The SMILES string of the molecule is Cc1cccnc1-c1nc2cc(Nc3ccnc(N4C[C@@H]5C[C@H]4CN5)n3)ncc2s1. The Kier molecular flexibility index (Phi) is 4.10. The second-order valence-corrected chi connectivity index (χ2v) is 8.77. The van der Waals surface area contributed by atoms with E-state index >= 15 is 0 Å². The Hall–Kier alpha value is -3.17. The molecule has 2 atom stereocenters. The summed E-state index contributed by atoms with van der Waals surface area (Å²) in [7, 11) is 0. The van der Waals surface area contributed by atoms with Crippen LogP contribution in [0.1, 0.15) is 12.0 Å². The van der Waals surface area contributed by atoms with Crippen LogP contribution >= 0.6 is 11.3 Å². The zero-order chi connectivity index (χ0) is 20.1. The molecular formula is C21H20N8S. The van der Waals surface area contributed by atoms with Crippen molar-refractivity contribution in [2.45, 2.75) is 25.4 Å². The Morgan fingerprint density at radius 3 is 2.93 bits per heavy atom. The number of piperazine rings is 1. The highest BCUT2D eigenvalue weighted by Crippen LogP contribution is 2.32. The lowest BCUT2D eigenvalue weighted by Crippen LogP contribution is -2.44. The highest BCUT2D eigenvalue weighted by molar-refractivity contribution is 7.21. The van der Waals surface area contributed by atoms with Gasteiger partial charge in [-0.1, -0.05) is 6.07 Å². The number of fused-ring (bicyclic) bond motifs is 3. The van der Waals surface area contributed by atoms with Crippen molar-refractivity contribution in [2.75, 3.05) is 23.3 Å². The van der Waals surface area contributed by atoms with Crippen molar-refractivity contribution >= 4 is 39.1 Å². The number of hydrogen-bond acceptors (Lipinski definition) is 9. The fourth-order valence-corrected chi connectivity index (χ4v) is 5.18. The van der Waals surface area contributed by atoms with Gasteiger partial charge in [-0.2, -0.15) is 4.98 Å². The molecule has 0 aromatic carbocycles. The topological polar surface area (TPSA) is 91.8 Å². The summed E-state index contributed by atoms with van der Waals surface area (Å²) in [6.45, 7) is 4.02. The minimum Gasteiger partial charge on any atom is -0.335 e. The maximum atomic E-state index is 4.78. The van der Waals surface area contributed by atoms with Crippen molar-refractivity contribution in [3.63, 3.8) is 0 Å². The molecule has 0 radical (unpaired) electrons. The van der Waals surface area contributed by atoms with E-state index in [-0.39, 0.29) is 0 Å². The Balaban J connectivity index is 1.27. The molecule has 6 heterocycles. The van der Waals surface area contributed by atoms with E-state index in [1.165, 1.54) is 6.42 Å². The summed E-state index contributed by atoms with van der Waals surface area (Å²) in [4.78, 5) is 25.3. The fraction of sp³-hybridized carbons (Fsp3) is 0.286. The number of anilines is 3. The molecule has 150 valence electrons. The molecule has 8 nitrogen and oxygen atoms in total. The van der Waals surface area contributed by atoms with E-state index in [1.54, 1.807) is 23.7 Å². The van der Waals surface area contributed by atoms with Crippen molar-refractivity contribution in [2.24, 2.45) is 0 Å². The maximum Gasteiger partial charge on any atom is 0.227 e. The maximum absolute atomic E-state index is 4.78. The van der Waals surface area contributed by atoms with Gasteiger partial charge in [0.25, 0.3) is 0 Å². The number of aromatic nitrogens is 5. The molecule has 2 fully saturated rings. The van der Waals surface area contributed by atoms with Crippen molar-refractivity contribution < 1.29 is 0 Å². The van der Waals surface area contributed by atoms with Crippen LogP contribution in [-0.2, 0) is 0 Å². The van der Waals surface area contributed by atoms with E-state index in [2.05, 4.69) is 43.5 Å². The van der Waals surface area contributed by atoms with E-state index in [0.29, 0.717) is 17.9 Å². The van der Waals surface area contributed by atoms with Crippen molar-refractivity contribution in [3.05, 3.63) is 48.4 Å². The van der Waals surface area contributed by atoms with Crippen molar-refractivity contribution in [1.82, 2.24) is 30.2 Å². The smallest absolute Gasteiger partial charge is 0.227 e. The lowest BCUT2D eigenvalue weighted by Gasteiger charge is -2.27. The van der Waals surface area contributed by atoms with Gasteiger partial charge in [0.2, 0.25) is 5.95 Å². The Bertz CT molecular complexity index is 1240. The molecule has 2 aliphatic rings. The van der Waals surface area contributed by atoms with Gasteiger partial charge in [-0.25, -0.2) is 15.0 Å². The number of nitrogens with zero attached hydrogens (tertiary/aromatic N) is 6. The molecule has 2 N–H and O–H groups in total. The van der Waals surface area contributed by atoms with Crippen LogP contribution in [0.15, 0.2) is 42.9 Å². The first-order valence-corrected chi connectivity index (χ1v) is 10.8. The molecule has 4 aromatic rings. The Morgan fingerprint density at radius 2 is 2.10 bits per heavy atom. The monoisotopic (exact) mass is 416 g/mol. The summed E-state index contributed by atoms with van der Waals surface area (Å²) in [5.41, 5.74) is 2.93. The number of pyridine rings is 2. The summed E-state index contributed by atoms with van der Waals surface area (Å²) in [6.07, 6.45) is 6.62. The fourth-order valence-electron chi connectivity index (χ4n) is 4.21. The van der Waals surface area contributed by atoms with Gasteiger partial charge in [-0.3, -0.25) is 4.98 Å². The first-order valence-electron chi connectivity index (χ1n) is 10.0. The highest BCUT2D eigenvalue weighted by Gasteiger charge is 2.38. The molecule has 0 unspecified atom stereocenters. The number of aryl methyl sites for hydroxylation is 1. The molecule has 0 saturated carbocycles. The number of thiazole rings is 1. The normalized spacial score (nSPS) is 20.2. The van der Waals surface area contributed by atoms with Gasteiger partial charge in [0, 0.05) is 49.8 Å². The summed E-state index contributed by atoms with van der Waals surface area (Å²) >= 11 is 1.60. The molecule has 2 saturated heterocycles. The quantitative estimate of drug-likeness (QED) is 0.524. The molecular weight excluding hydrogens is 396 g/mol. The number of nitrogens with one attached hydrogen (secondary N) is 2. The van der Waals surface area contributed by atoms with Crippen LogP contribution < -0.4 is 15.5 Å². The zero-order valence-electron chi connectivity index (χ0n) is 16.4. The zero-order valence-corrected chi connectivity index (χ0v) is 17.2. The highest BCUT2D eigenvalue weighted by atomic mass is 32.1. The lowest BCUT2D eigenvalue weighted by atomic mass is 10.2. The van der Waals surface area contributed by atoms with Crippen LogP contribution in [0.5, 0.6) is 0 Å². The van der Waals surface area contributed by atoms with E-state index < -0.39 is 0 Å². The second-order valence-electron chi connectivity index (χ2n) is 7.74. The molecule has 0 spiro atoms. The number of hydrogen-bond donors (Lipinski definition) is 2. The van der Waals surface area contributed by atoms with Crippen LogP contribution in [0.3, 0.4) is 0 Å². The van der Waals surface area contributed by atoms with Crippen LogP contribution in [0.25, 0.3) is 20.9 Å². The van der Waals surface area contributed by atoms with Crippen LogP contribution in [0, 0.1) is 6.92 Å². The molecule has 4 aromatic heterocycles. The third kappa shape index (κ3) is 3.06. The lowest BCUT2D eigenvalue weighted by molar-refractivity contribution is 0.572. The molecule has 6 rings (SSSR count). The first kappa shape index (κ1) is 17.7. The number of rotatable bonds is 4. The molecule has 30 heavy (non-hydrogen) atoms. The average Bonchev–Trinajstić information content (AvgIpc) is 3.49. The van der Waals surface area contributed by atoms with Gasteiger partial charge in [0.15, 0.2) is 0 Å². The van der Waals surface area contributed by atoms with Gasteiger partial charge in [-0.15, -0.1) is 11.3 Å². The van der Waals surface area contributed by atoms with Gasteiger partial charge in [0.1, 0.15) is 22.3 Å². The molecule has 0 amide bonds. The summed E-state index contributed by atoms with van der Waals surface area (Å²) in [5, 5.41) is 7.73. The van der Waals surface area contributed by atoms with Crippen LogP contribution in [-0.4, -0.2) is 50.1 Å². The summed E-state index contributed by atoms with van der Waals surface area (Å²) < 4.78 is 1.03. The van der Waals surface area contributed by atoms with Crippen LogP contribution in [0.2, 0.25) is 0 Å². The summed E-state index contributed by atoms with van der Waals surface area (Å²) in [6, 6.07) is 8.86. The van der Waals surface area contributed by atoms with Crippen LogP contribution in [0.4, 0.5) is 17.6 Å². The predicted octanol–water partition coefficient (Wildman–Crippen LogP) is 3.15. The predicted molar refractivity (Wildman–Crippen MR) is 118 cm³/mol. The third-order valence-electron chi connectivity index (χ3n) is 5.70. The third-order valence-corrected chi connectivity index (χ3v) is 6.71. The standard InChI is InChI=1S/C21H20N8S/c1-12-3-2-5-22-19(12)20-26-15-8-18(25-10-16(15)30-20)27-17-4-6-23-21(28-17)29-11-13-7-14(29)9-24-13/h2-6,8,10,13-14,24H,7,9,11H2,1H3,(H,23,25,27,28)/t13-,14-/m0/s1. The van der Waals surface area contributed by atoms with E-state index in [0.717, 1.165) is 51.3 Å². The van der Waals surface area contributed by atoms with Crippen molar-refractivity contribution in [3.8, 4) is 10.7 Å². The molecule has 2 bridgehead atoms. The van der Waals surface area contributed by atoms with Gasteiger partial charge in [0.05, 0.1) is 10.2 Å². The minimum atomic E-state index is 0.489. The minimum absolute atomic E-state index is 0.489. The second kappa shape index (κ2) is 6.96. The molecule has 2 aliphatic heterocycles. The van der Waals surface area contributed by atoms with Gasteiger partial charge < -0.3 is 15.5 Å². The average molecular weight is 417 g/mol. The summed E-state index contributed by atoms with van der Waals surface area (Å²) in [5.74, 6) is 2.22. The van der Waals surface area contributed by atoms with E-state index in [9.17, 15) is 0 Å².